The summed E-state index contributed by atoms with van der Waals surface area (Å²) >= 11 is 0. The van der Waals surface area contributed by atoms with Gasteiger partial charge in [-0.15, -0.1) is 0 Å². The average molecular weight is 294 g/mol. The van der Waals surface area contributed by atoms with E-state index in [1.54, 1.807) is 19.1 Å². The molecule has 2 rings (SSSR count). The highest BCUT2D eigenvalue weighted by molar-refractivity contribution is 5.58. The molecular weight excluding hydrogens is 272 g/mol. The normalized spacial score (nSPS) is 16.7. The molecule has 0 atom stereocenters. The van der Waals surface area contributed by atoms with Crippen molar-refractivity contribution in [2.75, 3.05) is 25.1 Å². The van der Waals surface area contributed by atoms with Gasteiger partial charge >= 0.3 is 5.69 Å². The Bertz CT molecular complexity index is 498. The molecule has 6 heteroatoms. The molecule has 0 heterocycles. The second-order valence-electron chi connectivity index (χ2n) is 5.59. The molecule has 1 aliphatic rings. The molecule has 1 aromatic rings. The molecule has 0 aromatic heterocycles. The van der Waals surface area contributed by atoms with Crippen molar-refractivity contribution in [1.29, 1.82) is 0 Å². The van der Waals surface area contributed by atoms with Crippen LogP contribution in [0.2, 0.25) is 0 Å². The largest absolute Gasteiger partial charge is 0.487 e. The van der Waals surface area contributed by atoms with Crippen LogP contribution in [0.3, 0.4) is 0 Å². The van der Waals surface area contributed by atoms with Crippen LogP contribution in [-0.2, 0) is 0 Å². The van der Waals surface area contributed by atoms with E-state index in [0.717, 1.165) is 31.4 Å². The predicted octanol–water partition coefficient (Wildman–Crippen LogP) is 2.96. The van der Waals surface area contributed by atoms with Gasteiger partial charge in [-0.3, -0.25) is 10.1 Å². The Kier molecular flexibility index (Phi) is 5.01. The third-order valence-electron chi connectivity index (χ3n) is 4.12. The van der Waals surface area contributed by atoms with E-state index in [9.17, 15) is 15.2 Å². The quantitative estimate of drug-likeness (QED) is 0.596. The highest BCUT2D eigenvalue weighted by Crippen LogP contribution is 2.38. The smallest absolute Gasteiger partial charge is 0.311 e. The third-order valence-corrected chi connectivity index (χ3v) is 4.12. The van der Waals surface area contributed by atoms with E-state index in [4.69, 9.17) is 4.74 Å². The van der Waals surface area contributed by atoms with E-state index in [2.05, 4.69) is 5.32 Å². The fraction of sp³-hybridized carbons (Fsp3) is 0.600. The second kappa shape index (κ2) is 6.76. The van der Waals surface area contributed by atoms with Gasteiger partial charge in [0.15, 0.2) is 5.75 Å². The first-order chi connectivity index (χ1) is 10.1. The summed E-state index contributed by atoms with van der Waals surface area (Å²) in [7, 11) is 0. The van der Waals surface area contributed by atoms with Crippen LogP contribution in [-0.4, -0.2) is 29.8 Å². The minimum absolute atomic E-state index is 0.0277. The topological polar surface area (TPSA) is 84.6 Å². The molecule has 1 aromatic carbocycles. The molecule has 0 bridgehead atoms. The number of nitro benzene ring substituents is 1. The van der Waals surface area contributed by atoms with Crippen LogP contribution < -0.4 is 10.1 Å². The Morgan fingerprint density at radius 1 is 1.43 bits per heavy atom. The lowest BCUT2D eigenvalue weighted by Crippen LogP contribution is -2.30. The molecule has 2 N–H and O–H groups in total. The van der Waals surface area contributed by atoms with Gasteiger partial charge in [0, 0.05) is 29.8 Å². The maximum absolute atomic E-state index is 10.9. The molecule has 0 unspecified atom stereocenters. The van der Waals surface area contributed by atoms with Gasteiger partial charge in [0.2, 0.25) is 0 Å². The van der Waals surface area contributed by atoms with E-state index in [0.29, 0.717) is 13.2 Å². The third kappa shape index (κ3) is 3.64. The summed E-state index contributed by atoms with van der Waals surface area (Å²) < 4.78 is 5.33. The SMILES string of the molecule is CCOc1cc(NCC2(CO)CCCC2)ccc1[N+](=O)[O-]. The van der Waals surface area contributed by atoms with Gasteiger partial charge in [-0.2, -0.15) is 0 Å². The summed E-state index contributed by atoms with van der Waals surface area (Å²) in [5, 5.41) is 23.8. The van der Waals surface area contributed by atoms with Crippen LogP contribution in [0.4, 0.5) is 11.4 Å². The first kappa shape index (κ1) is 15.6. The summed E-state index contributed by atoms with van der Waals surface area (Å²) in [6, 6.07) is 4.79. The van der Waals surface area contributed by atoms with Gasteiger partial charge in [0.1, 0.15) is 0 Å². The molecule has 116 valence electrons. The molecule has 1 saturated carbocycles. The summed E-state index contributed by atoms with van der Waals surface area (Å²) in [6.07, 6.45) is 4.32. The molecule has 0 aliphatic heterocycles. The minimum atomic E-state index is -0.443. The van der Waals surface area contributed by atoms with Gasteiger partial charge in [0.25, 0.3) is 0 Å². The number of aliphatic hydroxyl groups excluding tert-OH is 1. The minimum Gasteiger partial charge on any atom is -0.487 e. The Balaban J connectivity index is 2.09. The summed E-state index contributed by atoms with van der Waals surface area (Å²) in [5.41, 5.74) is 0.692. The number of nitrogens with zero attached hydrogens (tertiary/aromatic N) is 1. The Hall–Kier alpha value is -1.82. The van der Waals surface area contributed by atoms with Crippen molar-refractivity contribution < 1.29 is 14.8 Å². The lowest BCUT2D eigenvalue weighted by Gasteiger charge is -2.27. The number of hydrogen-bond acceptors (Lipinski definition) is 5. The van der Waals surface area contributed by atoms with E-state index < -0.39 is 4.92 Å². The number of aliphatic hydroxyl groups is 1. The number of anilines is 1. The van der Waals surface area contributed by atoms with Crippen LogP contribution >= 0.6 is 0 Å². The molecule has 1 fully saturated rings. The summed E-state index contributed by atoms with van der Waals surface area (Å²) in [6.45, 7) is 3.02. The molecule has 1 aliphatic carbocycles. The highest BCUT2D eigenvalue weighted by atomic mass is 16.6. The van der Waals surface area contributed by atoms with Gasteiger partial charge in [-0.05, 0) is 25.8 Å². The maximum Gasteiger partial charge on any atom is 0.311 e. The van der Waals surface area contributed by atoms with E-state index in [1.807, 2.05) is 0 Å². The van der Waals surface area contributed by atoms with E-state index >= 15 is 0 Å². The van der Waals surface area contributed by atoms with Crippen molar-refractivity contribution in [3.63, 3.8) is 0 Å². The van der Waals surface area contributed by atoms with Crippen LogP contribution in [0.1, 0.15) is 32.6 Å². The Morgan fingerprint density at radius 3 is 2.71 bits per heavy atom. The number of nitrogens with one attached hydrogen (secondary N) is 1. The first-order valence-corrected chi connectivity index (χ1v) is 7.36. The van der Waals surface area contributed by atoms with Crippen LogP contribution in [0.25, 0.3) is 0 Å². The average Bonchev–Trinajstić information content (AvgIpc) is 2.95. The van der Waals surface area contributed by atoms with Crippen LogP contribution in [0.5, 0.6) is 5.75 Å². The van der Waals surface area contributed by atoms with Crippen molar-refractivity contribution >= 4 is 11.4 Å². The van der Waals surface area contributed by atoms with Gasteiger partial charge in [-0.1, -0.05) is 12.8 Å². The summed E-state index contributed by atoms with van der Waals surface area (Å²) in [5.74, 6) is 0.275. The maximum atomic E-state index is 10.9. The van der Waals surface area contributed by atoms with Gasteiger partial charge in [0.05, 0.1) is 18.1 Å². The number of hydrogen-bond donors (Lipinski definition) is 2. The van der Waals surface area contributed by atoms with Crippen molar-refractivity contribution in [3.05, 3.63) is 28.3 Å². The lowest BCUT2D eigenvalue weighted by molar-refractivity contribution is -0.385. The number of rotatable bonds is 7. The van der Waals surface area contributed by atoms with Crippen molar-refractivity contribution in [1.82, 2.24) is 0 Å². The van der Waals surface area contributed by atoms with E-state index in [-0.39, 0.29) is 23.5 Å². The zero-order valence-electron chi connectivity index (χ0n) is 12.3. The molecule has 21 heavy (non-hydrogen) atoms. The Morgan fingerprint density at radius 2 is 2.14 bits per heavy atom. The number of nitro groups is 1. The number of benzene rings is 1. The van der Waals surface area contributed by atoms with Gasteiger partial charge in [-0.25, -0.2) is 0 Å². The standard InChI is InChI=1S/C15H22N2O4/c1-2-21-14-9-12(5-6-13(14)17(19)20)16-10-15(11-18)7-3-4-8-15/h5-6,9,16,18H,2-4,7-8,10-11H2,1H3. The lowest BCUT2D eigenvalue weighted by atomic mass is 9.87. The zero-order valence-corrected chi connectivity index (χ0v) is 12.3. The van der Waals surface area contributed by atoms with Crippen LogP contribution in [0, 0.1) is 15.5 Å². The molecule has 0 spiro atoms. The predicted molar refractivity (Wildman–Crippen MR) is 80.7 cm³/mol. The van der Waals surface area contributed by atoms with Crippen molar-refractivity contribution in [2.45, 2.75) is 32.6 Å². The van der Waals surface area contributed by atoms with Crippen LogP contribution in [0.15, 0.2) is 18.2 Å². The fourth-order valence-electron chi connectivity index (χ4n) is 2.85. The molecule has 0 amide bonds. The first-order valence-electron chi connectivity index (χ1n) is 7.36. The summed E-state index contributed by atoms with van der Waals surface area (Å²) in [4.78, 5) is 10.5. The van der Waals surface area contributed by atoms with Crippen molar-refractivity contribution in [2.24, 2.45) is 5.41 Å². The molecular formula is C15H22N2O4. The Labute approximate surface area is 124 Å². The van der Waals surface area contributed by atoms with Crippen molar-refractivity contribution in [3.8, 4) is 5.75 Å². The molecule has 6 nitrogen and oxygen atoms in total. The zero-order chi connectivity index (χ0) is 15.3. The second-order valence-corrected chi connectivity index (χ2v) is 5.59. The highest BCUT2D eigenvalue weighted by Gasteiger charge is 2.33. The number of ether oxygens (including phenoxy) is 1. The van der Waals surface area contributed by atoms with E-state index in [1.165, 1.54) is 6.07 Å². The monoisotopic (exact) mass is 294 g/mol. The fourth-order valence-corrected chi connectivity index (χ4v) is 2.85. The van der Waals surface area contributed by atoms with Gasteiger partial charge < -0.3 is 15.2 Å². The molecule has 0 saturated heterocycles. The molecule has 0 radical (unpaired) electrons.